The van der Waals surface area contributed by atoms with Crippen LogP contribution in [0.2, 0.25) is 0 Å². The zero-order chi connectivity index (χ0) is 19.3. The highest BCUT2D eigenvalue weighted by atomic mass is 16.2. The average Bonchev–Trinajstić information content (AvgIpc) is 2.59. The van der Waals surface area contributed by atoms with Gasteiger partial charge in [-0.2, -0.15) is 0 Å². The topological polar surface area (TPSA) is 87.3 Å². The van der Waals surface area contributed by atoms with Gasteiger partial charge in [-0.05, 0) is 31.2 Å². The van der Waals surface area contributed by atoms with Crippen LogP contribution in [0.4, 0.5) is 5.69 Å². The van der Waals surface area contributed by atoms with Gasteiger partial charge in [-0.1, -0.05) is 50.6 Å². The van der Waals surface area contributed by atoms with Gasteiger partial charge in [-0.25, -0.2) is 0 Å². The fraction of sp³-hybridized carbons (Fsp3) is 0.250. The Bertz CT molecular complexity index is 821. The molecule has 2 rings (SSSR count). The fourth-order valence-corrected chi connectivity index (χ4v) is 2.06. The van der Waals surface area contributed by atoms with Crippen LogP contribution in [-0.2, 0) is 4.79 Å². The van der Waals surface area contributed by atoms with E-state index in [-0.39, 0.29) is 17.4 Å². The Balaban J connectivity index is 2.12. The lowest BCUT2D eigenvalue weighted by atomic mass is 9.96. The van der Waals surface area contributed by atoms with Gasteiger partial charge in [-0.3, -0.25) is 25.2 Å². The Morgan fingerprint density at radius 3 is 2.04 bits per heavy atom. The van der Waals surface area contributed by atoms with E-state index in [0.717, 1.165) is 5.56 Å². The van der Waals surface area contributed by atoms with Gasteiger partial charge in [0.15, 0.2) is 0 Å². The summed E-state index contributed by atoms with van der Waals surface area (Å²) in [6.07, 6.45) is 0. The van der Waals surface area contributed by atoms with Crippen LogP contribution in [0.15, 0.2) is 48.5 Å². The van der Waals surface area contributed by atoms with Crippen molar-refractivity contribution in [2.24, 2.45) is 5.41 Å². The van der Waals surface area contributed by atoms with Crippen molar-refractivity contribution >= 4 is 23.4 Å². The number of aryl methyl sites for hydroxylation is 1. The molecule has 2 aromatic carbocycles. The van der Waals surface area contributed by atoms with E-state index in [9.17, 15) is 14.4 Å². The summed E-state index contributed by atoms with van der Waals surface area (Å²) in [4.78, 5) is 36.6. The summed E-state index contributed by atoms with van der Waals surface area (Å²) >= 11 is 0. The number of anilines is 1. The van der Waals surface area contributed by atoms with Gasteiger partial charge in [0.1, 0.15) is 0 Å². The Labute approximate surface area is 153 Å². The second-order valence-electron chi connectivity index (χ2n) is 7.02. The van der Waals surface area contributed by atoms with Crippen molar-refractivity contribution in [1.82, 2.24) is 10.9 Å². The summed E-state index contributed by atoms with van der Waals surface area (Å²) in [6, 6.07) is 13.7. The number of para-hydroxylation sites is 1. The van der Waals surface area contributed by atoms with Crippen molar-refractivity contribution in [2.45, 2.75) is 27.7 Å². The quantitative estimate of drug-likeness (QED) is 0.741. The predicted molar refractivity (Wildman–Crippen MR) is 101 cm³/mol. The molecule has 136 valence electrons. The minimum atomic E-state index is -0.632. The van der Waals surface area contributed by atoms with E-state index < -0.39 is 11.3 Å². The number of nitrogens with one attached hydrogen (secondary N) is 3. The number of hydrogen-bond acceptors (Lipinski definition) is 3. The molecule has 0 radical (unpaired) electrons. The summed E-state index contributed by atoms with van der Waals surface area (Å²) in [6.45, 7) is 7.16. The van der Waals surface area contributed by atoms with E-state index in [1.807, 2.05) is 19.1 Å². The zero-order valence-corrected chi connectivity index (χ0v) is 15.3. The summed E-state index contributed by atoms with van der Waals surface area (Å²) in [5.74, 6) is -1.14. The molecule has 6 nitrogen and oxygen atoms in total. The summed E-state index contributed by atoms with van der Waals surface area (Å²) < 4.78 is 0. The molecule has 26 heavy (non-hydrogen) atoms. The lowest BCUT2D eigenvalue weighted by molar-refractivity contribution is -0.129. The largest absolute Gasteiger partial charge is 0.321 e. The van der Waals surface area contributed by atoms with Gasteiger partial charge in [0.2, 0.25) is 5.91 Å². The average molecular weight is 353 g/mol. The second kappa shape index (κ2) is 7.82. The number of benzene rings is 2. The molecule has 6 heteroatoms. The first-order valence-corrected chi connectivity index (χ1v) is 8.26. The normalized spacial score (nSPS) is 10.8. The Morgan fingerprint density at radius 2 is 1.42 bits per heavy atom. The lowest BCUT2D eigenvalue weighted by Crippen LogP contribution is -2.46. The maximum absolute atomic E-state index is 12.4. The maximum Gasteiger partial charge on any atom is 0.271 e. The highest BCUT2D eigenvalue weighted by molar-refractivity contribution is 6.09. The van der Waals surface area contributed by atoms with Gasteiger partial charge in [-0.15, -0.1) is 0 Å². The molecule has 0 saturated heterocycles. The molecule has 2 aromatic rings. The van der Waals surface area contributed by atoms with Crippen molar-refractivity contribution in [2.75, 3.05) is 5.32 Å². The molecule has 0 aliphatic heterocycles. The summed E-state index contributed by atoms with van der Waals surface area (Å²) in [5, 5.41) is 2.73. The van der Waals surface area contributed by atoms with Crippen LogP contribution < -0.4 is 16.2 Å². The van der Waals surface area contributed by atoms with Crippen LogP contribution in [0.25, 0.3) is 0 Å². The van der Waals surface area contributed by atoms with Gasteiger partial charge in [0.05, 0.1) is 11.3 Å². The number of carbonyl (C=O) groups excluding carboxylic acids is 3. The third-order valence-corrected chi connectivity index (χ3v) is 3.70. The van der Waals surface area contributed by atoms with E-state index >= 15 is 0 Å². The molecule has 3 N–H and O–H groups in total. The summed E-state index contributed by atoms with van der Waals surface area (Å²) in [7, 11) is 0. The first-order valence-electron chi connectivity index (χ1n) is 8.26. The van der Waals surface area contributed by atoms with Crippen molar-refractivity contribution in [1.29, 1.82) is 0 Å². The van der Waals surface area contributed by atoms with Gasteiger partial charge in [0.25, 0.3) is 11.8 Å². The third kappa shape index (κ3) is 4.92. The third-order valence-electron chi connectivity index (χ3n) is 3.70. The Kier molecular flexibility index (Phi) is 5.77. The molecule has 3 amide bonds. The molecule has 0 saturated carbocycles. The maximum atomic E-state index is 12.4. The van der Waals surface area contributed by atoms with E-state index in [4.69, 9.17) is 0 Å². The molecular formula is C20H23N3O3. The molecule has 0 aliphatic rings. The molecule has 0 atom stereocenters. The fourth-order valence-electron chi connectivity index (χ4n) is 2.06. The zero-order valence-electron chi connectivity index (χ0n) is 15.3. The van der Waals surface area contributed by atoms with Crippen LogP contribution in [0.1, 0.15) is 47.1 Å². The standard InChI is InChI=1S/C20H23N3O3/c1-13-9-11-14(12-10-13)17(24)21-16-8-6-5-7-15(16)18(25)22-23-19(26)20(2,3)4/h5-12H,1-4H3,(H,21,24)(H,22,25)(H,23,26). The van der Waals surface area contributed by atoms with E-state index in [1.165, 1.54) is 0 Å². The monoisotopic (exact) mass is 353 g/mol. The van der Waals surface area contributed by atoms with Crippen LogP contribution >= 0.6 is 0 Å². The minimum Gasteiger partial charge on any atom is -0.321 e. The number of hydrogen-bond donors (Lipinski definition) is 3. The number of hydrazine groups is 1. The first kappa shape index (κ1) is 19.2. The van der Waals surface area contributed by atoms with E-state index in [0.29, 0.717) is 11.3 Å². The molecule has 0 heterocycles. The van der Waals surface area contributed by atoms with Crippen LogP contribution in [0.3, 0.4) is 0 Å². The molecule has 0 unspecified atom stereocenters. The smallest absolute Gasteiger partial charge is 0.271 e. The second-order valence-corrected chi connectivity index (χ2v) is 7.02. The highest BCUT2D eigenvalue weighted by Crippen LogP contribution is 2.17. The molecule has 0 fully saturated rings. The molecule has 0 aliphatic carbocycles. The Morgan fingerprint density at radius 1 is 0.808 bits per heavy atom. The van der Waals surface area contributed by atoms with Gasteiger partial charge >= 0.3 is 0 Å². The first-order chi connectivity index (χ1) is 12.2. The lowest BCUT2D eigenvalue weighted by Gasteiger charge is -2.18. The van der Waals surface area contributed by atoms with Gasteiger partial charge < -0.3 is 5.32 Å². The van der Waals surface area contributed by atoms with Crippen molar-refractivity contribution in [3.05, 3.63) is 65.2 Å². The number of carbonyl (C=O) groups is 3. The minimum absolute atomic E-state index is 0.252. The van der Waals surface area contributed by atoms with Crippen LogP contribution in [0, 0.1) is 12.3 Å². The van der Waals surface area contributed by atoms with Crippen molar-refractivity contribution in [3.63, 3.8) is 0 Å². The van der Waals surface area contributed by atoms with E-state index in [2.05, 4.69) is 16.2 Å². The van der Waals surface area contributed by atoms with E-state index in [1.54, 1.807) is 57.2 Å². The number of rotatable bonds is 3. The SMILES string of the molecule is Cc1ccc(C(=O)Nc2ccccc2C(=O)NNC(=O)C(C)(C)C)cc1. The number of amides is 3. The van der Waals surface area contributed by atoms with Gasteiger partial charge in [0, 0.05) is 11.0 Å². The van der Waals surface area contributed by atoms with Crippen molar-refractivity contribution < 1.29 is 14.4 Å². The van der Waals surface area contributed by atoms with Crippen molar-refractivity contribution in [3.8, 4) is 0 Å². The predicted octanol–water partition coefficient (Wildman–Crippen LogP) is 3.05. The Hall–Kier alpha value is -3.15. The molecule has 0 spiro atoms. The summed E-state index contributed by atoms with van der Waals surface area (Å²) in [5.41, 5.74) is 6.29. The molecule has 0 bridgehead atoms. The van der Waals surface area contributed by atoms with Crippen LogP contribution in [-0.4, -0.2) is 17.7 Å². The molecule has 0 aromatic heterocycles. The van der Waals surface area contributed by atoms with Crippen LogP contribution in [0.5, 0.6) is 0 Å². The highest BCUT2D eigenvalue weighted by Gasteiger charge is 2.22. The molecular weight excluding hydrogens is 330 g/mol.